The van der Waals surface area contributed by atoms with Crippen LogP contribution in [-0.4, -0.2) is 11.3 Å². The fourth-order valence-corrected chi connectivity index (χ4v) is 2.00. The lowest BCUT2D eigenvalue weighted by Crippen LogP contribution is -2.25. The van der Waals surface area contributed by atoms with E-state index in [0.717, 1.165) is 11.1 Å². The molecule has 1 aliphatic rings. The first-order chi connectivity index (χ1) is 8.94. The van der Waals surface area contributed by atoms with E-state index in [-0.39, 0.29) is 11.5 Å². The molecule has 2 heterocycles. The van der Waals surface area contributed by atoms with Gasteiger partial charge in [-0.2, -0.15) is 0 Å². The number of nitrogens with two attached hydrogens (primary N) is 1. The summed E-state index contributed by atoms with van der Waals surface area (Å²) in [6.07, 6.45) is -2.00. The number of fused-ring (bicyclic) bond motifs is 1. The molecule has 3 rings (SSSR count). The van der Waals surface area contributed by atoms with E-state index in [4.69, 9.17) is 5.73 Å². The second-order valence-corrected chi connectivity index (χ2v) is 4.25. The lowest BCUT2D eigenvalue weighted by atomic mass is 10.0. The molecule has 6 heteroatoms. The summed E-state index contributed by atoms with van der Waals surface area (Å²) < 4.78 is 34.6. The van der Waals surface area contributed by atoms with Crippen LogP contribution in [-0.2, 0) is 0 Å². The monoisotopic (exact) mass is 264 g/mol. The van der Waals surface area contributed by atoms with Gasteiger partial charge in [0, 0.05) is 11.8 Å². The number of ether oxygens (including phenoxy) is 2. The molecule has 0 atom stereocenters. The molecule has 2 N–H and O–H groups in total. The van der Waals surface area contributed by atoms with E-state index in [1.54, 1.807) is 18.3 Å². The van der Waals surface area contributed by atoms with Gasteiger partial charge in [-0.05, 0) is 36.2 Å². The Morgan fingerprint density at radius 2 is 1.89 bits per heavy atom. The Morgan fingerprint density at radius 1 is 1.16 bits per heavy atom. The average Bonchev–Trinajstić information content (AvgIpc) is 2.61. The van der Waals surface area contributed by atoms with Gasteiger partial charge in [0.1, 0.15) is 5.82 Å². The molecule has 0 fully saturated rings. The molecule has 1 aromatic carbocycles. The molecular formula is C13H10F2N2O2. The molecule has 0 saturated carbocycles. The molecule has 0 unspecified atom stereocenters. The topological polar surface area (TPSA) is 57.4 Å². The summed E-state index contributed by atoms with van der Waals surface area (Å²) in [6.45, 7) is 1.87. The number of aryl methyl sites for hydroxylation is 1. The van der Waals surface area contributed by atoms with Crippen LogP contribution in [0.3, 0.4) is 0 Å². The quantitative estimate of drug-likeness (QED) is 0.860. The smallest absolute Gasteiger partial charge is 0.395 e. The third kappa shape index (κ3) is 2.05. The van der Waals surface area contributed by atoms with Crippen LogP contribution in [0.5, 0.6) is 11.5 Å². The first kappa shape index (κ1) is 11.7. The number of rotatable bonds is 1. The number of nitrogen functional groups attached to an aromatic ring is 1. The molecule has 0 spiro atoms. The minimum absolute atomic E-state index is 0.0127. The minimum Gasteiger partial charge on any atom is -0.395 e. The Hall–Kier alpha value is -2.37. The maximum atomic E-state index is 12.9. The Kier molecular flexibility index (Phi) is 2.35. The molecule has 0 radical (unpaired) electrons. The fourth-order valence-electron chi connectivity index (χ4n) is 2.00. The highest BCUT2D eigenvalue weighted by molar-refractivity contribution is 5.70. The van der Waals surface area contributed by atoms with Crippen LogP contribution in [0.1, 0.15) is 5.56 Å². The Balaban J connectivity index is 2.04. The van der Waals surface area contributed by atoms with Gasteiger partial charge in [0.15, 0.2) is 11.5 Å². The molecule has 0 amide bonds. The molecule has 0 saturated heterocycles. The van der Waals surface area contributed by atoms with E-state index in [9.17, 15) is 8.78 Å². The maximum absolute atomic E-state index is 12.9. The van der Waals surface area contributed by atoms with Crippen LogP contribution in [0, 0.1) is 6.92 Å². The van der Waals surface area contributed by atoms with Crippen LogP contribution < -0.4 is 15.2 Å². The Bertz CT molecular complexity index is 659. The zero-order valence-corrected chi connectivity index (χ0v) is 9.98. The molecule has 1 aliphatic heterocycles. The average molecular weight is 264 g/mol. The first-order valence-corrected chi connectivity index (χ1v) is 5.57. The van der Waals surface area contributed by atoms with E-state index >= 15 is 0 Å². The van der Waals surface area contributed by atoms with Gasteiger partial charge in [0.05, 0.1) is 0 Å². The minimum atomic E-state index is -3.60. The van der Waals surface area contributed by atoms with Gasteiger partial charge in [0.25, 0.3) is 0 Å². The Morgan fingerprint density at radius 3 is 2.63 bits per heavy atom. The van der Waals surface area contributed by atoms with Crippen molar-refractivity contribution in [3.63, 3.8) is 0 Å². The first-order valence-electron chi connectivity index (χ1n) is 5.57. The van der Waals surface area contributed by atoms with Crippen molar-refractivity contribution in [1.29, 1.82) is 0 Å². The number of halogens is 2. The van der Waals surface area contributed by atoms with E-state index in [0.29, 0.717) is 11.4 Å². The second-order valence-electron chi connectivity index (χ2n) is 4.25. The number of anilines is 1. The predicted octanol–water partition coefficient (Wildman–Crippen LogP) is 2.96. The zero-order valence-electron chi connectivity index (χ0n) is 9.98. The van der Waals surface area contributed by atoms with Crippen molar-refractivity contribution >= 4 is 5.82 Å². The summed E-state index contributed by atoms with van der Waals surface area (Å²) in [6, 6.07) is 6.33. The number of hydrogen-bond acceptors (Lipinski definition) is 4. The summed E-state index contributed by atoms with van der Waals surface area (Å²) in [7, 11) is 0. The van der Waals surface area contributed by atoms with Crippen LogP contribution in [0.4, 0.5) is 14.6 Å². The Labute approximate surface area is 107 Å². The molecule has 19 heavy (non-hydrogen) atoms. The summed E-state index contributed by atoms with van der Waals surface area (Å²) in [5.41, 5.74) is 7.99. The van der Waals surface area contributed by atoms with Crippen molar-refractivity contribution in [2.75, 3.05) is 5.73 Å². The highest BCUT2D eigenvalue weighted by atomic mass is 19.3. The van der Waals surface area contributed by atoms with Gasteiger partial charge >= 0.3 is 6.29 Å². The molecule has 0 bridgehead atoms. The third-order valence-electron chi connectivity index (χ3n) is 2.84. The number of aromatic nitrogens is 1. The molecular weight excluding hydrogens is 254 g/mol. The molecule has 4 nitrogen and oxygen atoms in total. The highest BCUT2D eigenvalue weighted by Crippen LogP contribution is 2.43. The van der Waals surface area contributed by atoms with Crippen molar-refractivity contribution < 1.29 is 18.3 Å². The number of nitrogens with zero attached hydrogens (tertiary/aromatic N) is 1. The van der Waals surface area contributed by atoms with Gasteiger partial charge in [-0.25, -0.2) is 4.98 Å². The third-order valence-corrected chi connectivity index (χ3v) is 2.84. The fraction of sp³-hybridized carbons (Fsp3) is 0.154. The van der Waals surface area contributed by atoms with Crippen molar-refractivity contribution in [1.82, 2.24) is 4.98 Å². The molecule has 98 valence electrons. The summed E-state index contributed by atoms with van der Waals surface area (Å²) >= 11 is 0. The van der Waals surface area contributed by atoms with Crippen molar-refractivity contribution in [3.8, 4) is 22.6 Å². The number of hydrogen-bond donors (Lipinski definition) is 1. The van der Waals surface area contributed by atoms with Gasteiger partial charge in [-0.3, -0.25) is 0 Å². The zero-order chi connectivity index (χ0) is 13.6. The number of benzene rings is 1. The maximum Gasteiger partial charge on any atom is 0.586 e. The SMILES string of the molecule is Cc1cc(N)ncc1-c1ccc2c(c1)OC(F)(F)O2. The van der Waals surface area contributed by atoms with Crippen LogP contribution in [0.2, 0.25) is 0 Å². The highest BCUT2D eigenvalue weighted by Gasteiger charge is 2.43. The predicted molar refractivity (Wildman–Crippen MR) is 65.0 cm³/mol. The lowest BCUT2D eigenvalue weighted by Gasteiger charge is -2.07. The molecule has 0 aliphatic carbocycles. The van der Waals surface area contributed by atoms with Crippen molar-refractivity contribution in [2.24, 2.45) is 0 Å². The molecule has 2 aromatic rings. The van der Waals surface area contributed by atoms with Gasteiger partial charge < -0.3 is 15.2 Å². The van der Waals surface area contributed by atoms with Crippen LogP contribution >= 0.6 is 0 Å². The van der Waals surface area contributed by atoms with Crippen molar-refractivity contribution in [2.45, 2.75) is 13.2 Å². The normalized spacial score (nSPS) is 15.5. The lowest BCUT2D eigenvalue weighted by molar-refractivity contribution is -0.286. The second kappa shape index (κ2) is 3.81. The number of pyridine rings is 1. The standard InChI is InChI=1S/C13H10F2N2O2/c1-7-4-12(16)17-6-9(7)8-2-3-10-11(5-8)19-13(14,15)18-10/h2-6H,1H3,(H2,16,17). The number of alkyl halides is 2. The van der Waals surface area contributed by atoms with E-state index in [1.165, 1.54) is 12.1 Å². The summed E-state index contributed by atoms with van der Waals surface area (Å²) in [4.78, 5) is 4.00. The molecule has 1 aromatic heterocycles. The largest absolute Gasteiger partial charge is 0.586 e. The van der Waals surface area contributed by atoms with E-state index in [1.807, 2.05) is 6.92 Å². The van der Waals surface area contributed by atoms with Crippen molar-refractivity contribution in [3.05, 3.63) is 36.0 Å². The van der Waals surface area contributed by atoms with Gasteiger partial charge in [0.2, 0.25) is 0 Å². The van der Waals surface area contributed by atoms with E-state index in [2.05, 4.69) is 14.5 Å². The van der Waals surface area contributed by atoms with Gasteiger partial charge in [-0.1, -0.05) is 6.07 Å². The van der Waals surface area contributed by atoms with Crippen LogP contribution in [0.15, 0.2) is 30.5 Å². The summed E-state index contributed by atoms with van der Waals surface area (Å²) in [5.74, 6) is 0.446. The summed E-state index contributed by atoms with van der Waals surface area (Å²) in [5, 5.41) is 0. The van der Waals surface area contributed by atoms with Gasteiger partial charge in [-0.15, -0.1) is 8.78 Å². The van der Waals surface area contributed by atoms with Crippen LogP contribution in [0.25, 0.3) is 11.1 Å². The van der Waals surface area contributed by atoms with E-state index < -0.39 is 6.29 Å².